The number of nitrogens with one attached hydrogen (secondary N) is 1. The molecule has 124 valence electrons. The number of nitrogens with zero attached hydrogens (tertiary/aromatic N) is 4. The number of amides is 1. The normalized spacial score (nSPS) is 14.6. The third-order valence-electron chi connectivity index (χ3n) is 4.27. The zero-order valence-electron chi connectivity index (χ0n) is 14.2. The SMILES string of the molecule is CN(C)CCCN(C)Cc1nc2cccc3c2n1CCNC3=O. The Kier molecular flexibility index (Phi) is 4.63. The Hall–Kier alpha value is -1.92. The Bertz CT molecular complexity index is 706. The van der Waals surface area contributed by atoms with Gasteiger partial charge < -0.3 is 14.8 Å². The monoisotopic (exact) mass is 315 g/mol. The molecular formula is C17H25N5O. The summed E-state index contributed by atoms with van der Waals surface area (Å²) in [6.45, 7) is 4.35. The van der Waals surface area contributed by atoms with Crippen LogP contribution in [0.2, 0.25) is 0 Å². The second-order valence-electron chi connectivity index (χ2n) is 6.50. The molecule has 2 heterocycles. The van der Waals surface area contributed by atoms with Gasteiger partial charge in [-0.15, -0.1) is 0 Å². The number of benzene rings is 1. The summed E-state index contributed by atoms with van der Waals surface area (Å²) in [5, 5.41) is 2.96. The highest BCUT2D eigenvalue weighted by Crippen LogP contribution is 2.23. The third kappa shape index (κ3) is 3.38. The lowest BCUT2D eigenvalue weighted by Gasteiger charge is -2.18. The second-order valence-corrected chi connectivity index (χ2v) is 6.50. The zero-order chi connectivity index (χ0) is 16.4. The molecular weight excluding hydrogens is 290 g/mol. The third-order valence-corrected chi connectivity index (χ3v) is 4.27. The molecule has 1 aliphatic rings. The van der Waals surface area contributed by atoms with E-state index >= 15 is 0 Å². The van der Waals surface area contributed by atoms with Gasteiger partial charge in [0, 0.05) is 13.1 Å². The van der Waals surface area contributed by atoms with Crippen LogP contribution in [0.1, 0.15) is 22.6 Å². The average molecular weight is 315 g/mol. The molecule has 0 spiro atoms. The fourth-order valence-corrected chi connectivity index (χ4v) is 3.13. The van der Waals surface area contributed by atoms with Crippen LogP contribution in [0.5, 0.6) is 0 Å². The maximum atomic E-state index is 12.2. The van der Waals surface area contributed by atoms with Crippen LogP contribution in [0.15, 0.2) is 18.2 Å². The summed E-state index contributed by atoms with van der Waals surface area (Å²) >= 11 is 0. The molecule has 1 amide bonds. The van der Waals surface area contributed by atoms with Crippen LogP contribution in [-0.4, -0.2) is 66.0 Å². The lowest BCUT2D eigenvalue weighted by atomic mass is 10.2. The fourth-order valence-electron chi connectivity index (χ4n) is 3.13. The number of aromatic nitrogens is 2. The molecule has 0 saturated heterocycles. The molecule has 1 N–H and O–H groups in total. The first kappa shape index (κ1) is 16.0. The molecule has 0 fully saturated rings. The first-order chi connectivity index (χ1) is 11.1. The molecule has 1 aromatic heterocycles. The Morgan fingerprint density at radius 3 is 2.87 bits per heavy atom. The first-order valence-corrected chi connectivity index (χ1v) is 8.16. The van der Waals surface area contributed by atoms with E-state index in [9.17, 15) is 4.79 Å². The maximum Gasteiger partial charge on any atom is 0.253 e. The first-order valence-electron chi connectivity index (χ1n) is 8.16. The van der Waals surface area contributed by atoms with E-state index in [1.807, 2.05) is 18.2 Å². The van der Waals surface area contributed by atoms with Crippen molar-refractivity contribution in [2.24, 2.45) is 0 Å². The van der Waals surface area contributed by atoms with Gasteiger partial charge in [-0.1, -0.05) is 6.07 Å². The molecule has 1 aromatic carbocycles. The number of hydrogen-bond donors (Lipinski definition) is 1. The molecule has 1 aliphatic heterocycles. The summed E-state index contributed by atoms with van der Waals surface area (Å²) < 4.78 is 2.20. The van der Waals surface area contributed by atoms with E-state index < -0.39 is 0 Å². The van der Waals surface area contributed by atoms with Crippen LogP contribution in [0.25, 0.3) is 11.0 Å². The van der Waals surface area contributed by atoms with Crippen molar-refractivity contribution in [1.82, 2.24) is 24.7 Å². The van der Waals surface area contributed by atoms with E-state index in [2.05, 4.69) is 40.8 Å². The van der Waals surface area contributed by atoms with Crippen molar-refractivity contribution < 1.29 is 4.79 Å². The maximum absolute atomic E-state index is 12.2. The van der Waals surface area contributed by atoms with Crippen LogP contribution < -0.4 is 5.32 Å². The van der Waals surface area contributed by atoms with Gasteiger partial charge >= 0.3 is 0 Å². The van der Waals surface area contributed by atoms with Crippen LogP contribution in [-0.2, 0) is 13.1 Å². The largest absolute Gasteiger partial charge is 0.350 e. The highest BCUT2D eigenvalue weighted by atomic mass is 16.1. The van der Waals surface area contributed by atoms with E-state index in [1.165, 1.54) is 0 Å². The van der Waals surface area contributed by atoms with Crippen molar-refractivity contribution in [1.29, 1.82) is 0 Å². The van der Waals surface area contributed by atoms with Gasteiger partial charge in [0.15, 0.2) is 0 Å². The Labute approximate surface area is 137 Å². The predicted octanol–water partition coefficient (Wildman–Crippen LogP) is 1.16. The number of carbonyl (C=O) groups is 1. The van der Waals surface area contributed by atoms with Crippen LogP contribution in [0.4, 0.5) is 0 Å². The predicted molar refractivity (Wildman–Crippen MR) is 91.6 cm³/mol. The van der Waals surface area contributed by atoms with Crippen molar-refractivity contribution in [3.63, 3.8) is 0 Å². The van der Waals surface area contributed by atoms with E-state index in [0.717, 1.165) is 55.0 Å². The second kappa shape index (κ2) is 6.68. The number of hydrogen-bond acceptors (Lipinski definition) is 4. The topological polar surface area (TPSA) is 53.4 Å². The molecule has 0 saturated carbocycles. The van der Waals surface area contributed by atoms with Crippen molar-refractivity contribution in [2.45, 2.75) is 19.5 Å². The van der Waals surface area contributed by atoms with Gasteiger partial charge in [-0.2, -0.15) is 0 Å². The smallest absolute Gasteiger partial charge is 0.253 e. The lowest BCUT2D eigenvalue weighted by Crippen LogP contribution is -2.26. The minimum absolute atomic E-state index is 0.000127. The Balaban J connectivity index is 1.83. The molecule has 0 bridgehead atoms. The summed E-state index contributed by atoms with van der Waals surface area (Å²) in [6.07, 6.45) is 1.13. The quantitative estimate of drug-likeness (QED) is 0.869. The average Bonchev–Trinajstić information content (AvgIpc) is 2.73. The molecule has 23 heavy (non-hydrogen) atoms. The molecule has 6 heteroatoms. The van der Waals surface area contributed by atoms with Gasteiger partial charge in [0.25, 0.3) is 5.91 Å². The van der Waals surface area contributed by atoms with Crippen molar-refractivity contribution >= 4 is 16.9 Å². The zero-order valence-corrected chi connectivity index (χ0v) is 14.2. The highest BCUT2D eigenvalue weighted by molar-refractivity contribution is 6.05. The summed E-state index contributed by atoms with van der Waals surface area (Å²) in [5.41, 5.74) is 2.62. The number of para-hydroxylation sites is 1. The Morgan fingerprint density at radius 1 is 1.26 bits per heavy atom. The lowest BCUT2D eigenvalue weighted by molar-refractivity contribution is 0.0956. The minimum atomic E-state index is 0.000127. The van der Waals surface area contributed by atoms with Crippen molar-refractivity contribution in [2.75, 3.05) is 40.8 Å². The molecule has 2 aromatic rings. The van der Waals surface area contributed by atoms with Crippen molar-refractivity contribution in [3.8, 4) is 0 Å². The van der Waals surface area contributed by atoms with Gasteiger partial charge in [0.2, 0.25) is 0 Å². The summed E-state index contributed by atoms with van der Waals surface area (Å²) in [7, 11) is 6.32. The van der Waals surface area contributed by atoms with Gasteiger partial charge in [-0.25, -0.2) is 4.98 Å². The van der Waals surface area contributed by atoms with Gasteiger partial charge in [-0.3, -0.25) is 9.69 Å². The highest BCUT2D eigenvalue weighted by Gasteiger charge is 2.21. The molecule has 3 rings (SSSR count). The van der Waals surface area contributed by atoms with Gasteiger partial charge in [0.05, 0.1) is 23.1 Å². The number of imidazole rings is 1. The number of rotatable bonds is 6. The van der Waals surface area contributed by atoms with E-state index in [1.54, 1.807) is 0 Å². The molecule has 6 nitrogen and oxygen atoms in total. The fraction of sp³-hybridized carbons (Fsp3) is 0.529. The Morgan fingerprint density at radius 2 is 2.09 bits per heavy atom. The molecule has 0 unspecified atom stereocenters. The van der Waals surface area contributed by atoms with E-state index in [4.69, 9.17) is 4.98 Å². The summed E-state index contributed by atoms with van der Waals surface area (Å²) in [5.74, 6) is 1.04. The molecule has 0 radical (unpaired) electrons. The van der Waals surface area contributed by atoms with E-state index in [0.29, 0.717) is 6.54 Å². The number of carbonyl (C=O) groups excluding carboxylic acids is 1. The minimum Gasteiger partial charge on any atom is -0.350 e. The summed E-state index contributed by atoms with van der Waals surface area (Å²) in [4.78, 5) is 21.4. The van der Waals surface area contributed by atoms with Crippen LogP contribution in [0.3, 0.4) is 0 Å². The van der Waals surface area contributed by atoms with Gasteiger partial charge in [-0.05, 0) is 52.8 Å². The molecule has 0 aliphatic carbocycles. The standard InChI is InChI=1S/C17H25N5O/c1-20(2)9-5-10-21(3)12-15-19-14-7-4-6-13-16(14)22(15)11-8-18-17(13)23/h4,6-7H,5,8-12H2,1-3H3,(H,18,23). The van der Waals surface area contributed by atoms with Crippen LogP contribution >= 0.6 is 0 Å². The van der Waals surface area contributed by atoms with Crippen molar-refractivity contribution in [3.05, 3.63) is 29.6 Å². The van der Waals surface area contributed by atoms with Crippen LogP contribution in [0, 0.1) is 0 Å². The van der Waals surface area contributed by atoms with E-state index in [-0.39, 0.29) is 5.91 Å². The van der Waals surface area contributed by atoms with Gasteiger partial charge in [0.1, 0.15) is 5.82 Å². The molecule has 0 atom stereocenters. The summed E-state index contributed by atoms with van der Waals surface area (Å²) in [6, 6.07) is 5.78.